The van der Waals surface area contributed by atoms with E-state index >= 15 is 0 Å². The van der Waals surface area contributed by atoms with Gasteiger partial charge < -0.3 is 49.6 Å². The monoisotopic (exact) mass is 534 g/mol. The number of benzene rings is 2. The van der Waals surface area contributed by atoms with Gasteiger partial charge in [0.05, 0.1) is 19.8 Å². The van der Waals surface area contributed by atoms with Crippen LogP contribution in [0.4, 0.5) is 0 Å². The van der Waals surface area contributed by atoms with Gasteiger partial charge in [-0.1, -0.05) is 6.07 Å². The minimum Gasteiger partial charge on any atom is -0.504 e. The SMILES string of the molecule is COc1cc(C(=O)OC2CC(O)(C(=O)O)CC(OC(=O)C=Cc3ccc(O)c(O)c3)C2O)cc(OC)c1O. The first-order chi connectivity index (χ1) is 17.9. The number of carboxylic acid groups (broad SMARTS) is 1. The van der Waals surface area contributed by atoms with Gasteiger partial charge in [0.25, 0.3) is 0 Å². The highest BCUT2D eigenvalue weighted by Gasteiger charge is 2.52. The number of carbonyl (C=O) groups excluding carboxylic acids is 2. The summed E-state index contributed by atoms with van der Waals surface area (Å²) in [6.07, 6.45) is -4.17. The molecule has 6 N–H and O–H groups in total. The summed E-state index contributed by atoms with van der Waals surface area (Å²) in [6.45, 7) is 0. The molecule has 4 unspecified atom stereocenters. The fourth-order valence-corrected chi connectivity index (χ4v) is 3.84. The number of phenolic OH excluding ortho intramolecular Hbond substituents is 3. The van der Waals surface area contributed by atoms with Gasteiger partial charge in [-0.2, -0.15) is 0 Å². The Hall–Kier alpha value is -4.49. The quantitative estimate of drug-likeness (QED) is 0.158. The number of aliphatic hydroxyl groups excluding tert-OH is 1. The van der Waals surface area contributed by atoms with E-state index in [1.165, 1.54) is 38.5 Å². The number of hydrogen-bond donors (Lipinski definition) is 6. The van der Waals surface area contributed by atoms with Gasteiger partial charge in [0.1, 0.15) is 18.3 Å². The van der Waals surface area contributed by atoms with Crippen LogP contribution in [-0.2, 0) is 19.1 Å². The van der Waals surface area contributed by atoms with Crippen LogP contribution in [0.1, 0.15) is 28.8 Å². The lowest BCUT2D eigenvalue weighted by atomic mass is 9.79. The molecule has 1 aliphatic rings. The molecule has 3 rings (SSSR count). The van der Waals surface area contributed by atoms with Gasteiger partial charge in [0.2, 0.25) is 5.75 Å². The summed E-state index contributed by atoms with van der Waals surface area (Å²) in [7, 11) is 2.47. The van der Waals surface area contributed by atoms with Gasteiger partial charge in [-0.15, -0.1) is 0 Å². The van der Waals surface area contributed by atoms with Crippen molar-refractivity contribution in [1.82, 2.24) is 0 Å². The van der Waals surface area contributed by atoms with Gasteiger partial charge in [-0.05, 0) is 35.9 Å². The molecule has 0 saturated heterocycles. The molecule has 0 heterocycles. The van der Waals surface area contributed by atoms with E-state index in [4.69, 9.17) is 18.9 Å². The molecule has 13 heteroatoms. The minimum absolute atomic E-state index is 0.122. The van der Waals surface area contributed by atoms with E-state index in [0.717, 1.165) is 18.2 Å². The first-order valence-corrected chi connectivity index (χ1v) is 11.1. The third-order valence-corrected chi connectivity index (χ3v) is 5.89. The van der Waals surface area contributed by atoms with Crippen LogP contribution >= 0.6 is 0 Å². The number of aliphatic hydroxyl groups is 2. The molecule has 0 aromatic heterocycles. The molecule has 1 aliphatic carbocycles. The number of aromatic hydroxyl groups is 3. The van der Waals surface area contributed by atoms with Crippen molar-refractivity contribution in [3.8, 4) is 28.7 Å². The number of phenols is 3. The number of hydrogen-bond acceptors (Lipinski definition) is 12. The predicted octanol–water partition coefficient (Wildman–Crippen LogP) is 0.942. The number of aliphatic carboxylic acids is 1. The number of methoxy groups -OCH3 is 2. The highest BCUT2D eigenvalue weighted by molar-refractivity contribution is 5.91. The van der Waals surface area contributed by atoms with Crippen molar-refractivity contribution < 1.29 is 64.0 Å². The molecular weight excluding hydrogens is 508 g/mol. The zero-order chi connectivity index (χ0) is 28.2. The summed E-state index contributed by atoms with van der Waals surface area (Å²) in [5.74, 6) is -5.21. The summed E-state index contributed by atoms with van der Waals surface area (Å²) in [6, 6.07) is 6.00. The number of rotatable bonds is 8. The Kier molecular flexibility index (Phi) is 8.33. The minimum atomic E-state index is -2.51. The lowest BCUT2D eigenvalue weighted by Gasteiger charge is -2.40. The molecule has 0 spiro atoms. The molecule has 4 atom stereocenters. The summed E-state index contributed by atoms with van der Waals surface area (Å²) >= 11 is 0. The first kappa shape index (κ1) is 28.1. The van der Waals surface area contributed by atoms with E-state index in [-0.39, 0.29) is 28.6 Å². The molecule has 0 bridgehead atoms. The van der Waals surface area contributed by atoms with Crippen LogP contribution in [0.2, 0.25) is 0 Å². The number of ether oxygens (including phenoxy) is 4. The number of carboxylic acids is 1. The first-order valence-electron chi connectivity index (χ1n) is 11.1. The normalized spacial score (nSPS) is 23.0. The Morgan fingerprint density at radius 1 is 0.921 bits per heavy atom. The molecule has 13 nitrogen and oxygen atoms in total. The maximum absolute atomic E-state index is 12.8. The Morgan fingerprint density at radius 3 is 2.03 bits per heavy atom. The van der Waals surface area contributed by atoms with E-state index < -0.39 is 60.4 Å². The second-order valence-corrected chi connectivity index (χ2v) is 8.47. The van der Waals surface area contributed by atoms with E-state index in [1.54, 1.807) is 0 Å². The fourth-order valence-electron chi connectivity index (χ4n) is 3.84. The van der Waals surface area contributed by atoms with Crippen molar-refractivity contribution >= 4 is 24.0 Å². The van der Waals surface area contributed by atoms with Crippen molar-refractivity contribution in [2.24, 2.45) is 0 Å². The highest BCUT2D eigenvalue weighted by Crippen LogP contribution is 2.38. The molecule has 2 aromatic rings. The van der Waals surface area contributed by atoms with Crippen LogP contribution in [0.5, 0.6) is 28.7 Å². The molecule has 204 valence electrons. The molecular formula is C25H26O13. The predicted molar refractivity (Wildman–Crippen MR) is 127 cm³/mol. The molecule has 0 amide bonds. The average Bonchev–Trinajstić information content (AvgIpc) is 2.87. The number of esters is 2. The van der Waals surface area contributed by atoms with Crippen LogP contribution in [0.3, 0.4) is 0 Å². The second kappa shape index (κ2) is 11.3. The average molecular weight is 534 g/mol. The van der Waals surface area contributed by atoms with Crippen molar-refractivity contribution in [3.63, 3.8) is 0 Å². The molecule has 1 saturated carbocycles. The van der Waals surface area contributed by atoms with Crippen molar-refractivity contribution in [3.05, 3.63) is 47.5 Å². The summed E-state index contributed by atoms with van der Waals surface area (Å²) in [4.78, 5) is 36.9. The fraction of sp³-hybridized carbons (Fsp3) is 0.320. The highest BCUT2D eigenvalue weighted by atomic mass is 16.6. The van der Waals surface area contributed by atoms with E-state index in [0.29, 0.717) is 5.56 Å². The lowest BCUT2D eigenvalue weighted by molar-refractivity contribution is -0.196. The van der Waals surface area contributed by atoms with Crippen LogP contribution in [0, 0.1) is 0 Å². The molecule has 0 radical (unpaired) electrons. The van der Waals surface area contributed by atoms with E-state index in [1.807, 2.05) is 0 Å². The Morgan fingerprint density at radius 2 is 1.50 bits per heavy atom. The second-order valence-electron chi connectivity index (χ2n) is 8.47. The largest absolute Gasteiger partial charge is 0.504 e. The summed E-state index contributed by atoms with van der Waals surface area (Å²) < 4.78 is 20.4. The van der Waals surface area contributed by atoms with Crippen molar-refractivity contribution in [2.75, 3.05) is 14.2 Å². The van der Waals surface area contributed by atoms with Gasteiger partial charge >= 0.3 is 17.9 Å². The van der Waals surface area contributed by atoms with Crippen molar-refractivity contribution in [2.45, 2.75) is 36.8 Å². The van der Waals surface area contributed by atoms with Crippen LogP contribution in [0.15, 0.2) is 36.4 Å². The third-order valence-electron chi connectivity index (χ3n) is 5.89. The van der Waals surface area contributed by atoms with Crippen LogP contribution in [-0.4, -0.2) is 86.7 Å². The van der Waals surface area contributed by atoms with Crippen molar-refractivity contribution in [1.29, 1.82) is 0 Å². The van der Waals surface area contributed by atoms with Gasteiger partial charge in [0.15, 0.2) is 28.6 Å². The standard InChI is InChI=1S/C25H26O13/c1-35-16-8-13(9-17(36-2)21(16)29)23(31)38-19-11-25(34,24(32)33)10-18(22(19)30)37-20(28)6-4-12-3-5-14(26)15(27)7-12/h3-9,18-19,22,26-27,29-30,34H,10-11H2,1-2H3,(H,32,33). The van der Waals surface area contributed by atoms with Gasteiger partial charge in [-0.3, -0.25) is 0 Å². The molecule has 2 aromatic carbocycles. The third kappa shape index (κ3) is 6.07. The summed E-state index contributed by atoms with van der Waals surface area (Å²) in [5.41, 5.74) is -2.37. The molecule has 38 heavy (non-hydrogen) atoms. The van der Waals surface area contributed by atoms with E-state index in [9.17, 15) is 45.0 Å². The number of carbonyl (C=O) groups is 3. The molecule has 0 aliphatic heterocycles. The Bertz CT molecular complexity index is 1230. The maximum atomic E-state index is 12.8. The topological polar surface area (TPSA) is 210 Å². The smallest absolute Gasteiger partial charge is 0.338 e. The van der Waals surface area contributed by atoms with Crippen LogP contribution in [0.25, 0.3) is 6.08 Å². The van der Waals surface area contributed by atoms with E-state index in [2.05, 4.69) is 0 Å². The Balaban J connectivity index is 1.80. The summed E-state index contributed by atoms with van der Waals surface area (Å²) in [5, 5.41) is 59.9. The van der Waals surface area contributed by atoms with Gasteiger partial charge in [-0.25, -0.2) is 14.4 Å². The lowest BCUT2D eigenvalue weighted by Crippen LogP contribution is -2.58. The zero-order valence-electron chi connectivity index (χ0n) is 20.2. The zero-order valence-corrected chi connectivity index (χ0v) is 20.2. The van der Waals surface area contributed by atoms with Gasteiger partial charge in [0, 0.05) is 18.9 Å². The van der Waals surface area contributed by atoms with Crippen LogP contribution < -0.4 is 9.47 Å². The Labute approximate surface area is 215 Å². The maximum Gasteiger partial charge on any atom is 0.338 e. The molecule has 1 fully saturated rings.